The second-order valence-corrected chi connectivity index (χ2v) is 5.05. The summed E-state index contributed by atoms with van der Waals surface area (Å²) in [6.45, 7) is 5.32. The van der Waals surface area contributed by atoms with Crippen molar-refractivity contribution < 1.29 is 10.0 Å². The maximum atomic E-state index is 9.17. The Balaban J connectivity index is 0.00000180. The molecule has 0 spiro atoms. The van der Waals surface area contributed by atoms with Crippen LogP contribution in [0, 0.1) is 0 Å². The topological polar surface area (TPSA) is 46.9 Å². The summed E-state index contributed by atoms with van der Waals surface area (Å²) in [5.41, 5.74) is 1.71. The van der Waals surface area contributed by atoms with Gasteiger partial charge in [-0.3, -0.25) is 4.90 Å². The van der Waals surface area contributed by atoms with Crippen molar-refractivity contribution in [3.8, 4) is 0 Å². The third-order valence-electron chi connectivity index (χ3n) is 3.47. The highest BCUT2D eigenvalue weighted by atomic mass is 35.5. The van der Waals surface area contributed by atoms with Gasteiger partial charge in [-0.1, -0.05) is 24.3 Å². The van der Waals surface area contributed by atoms with E-state index in [1.807, 2.05) is 18.2 Å². The van der Waals surface area contributed by atoms with E-state index in [2.05, 4.69) is 16.8 Å². The summed E-state index contributed by atoms with van der Waals surface area (Å²) in [6.07, 6.45) is 1.19. The molecule has 0 atom stereocenters. The van der Waals surface area contributed by atoms with Crippen molar-refractivity contribution in [1.29, 1.82) is 0 Å². The van der Waals surface area contributed by atoms with Crippen LogP contribution in [0.3, 0.4) is 0 Å². The van der Waals surface area contributed by atoms with Gasteiger partial charge in [0.05, 0.1) is 0 Å². The Labute approximate surface area is 121 Å². The van der Waals surface area contributed by atoms with E-state index < -0.39 is 7.12 Å². The normalized spacial score (nSPS) is 17.6. The van der Waals surface area contributed by atoms with Crippen LogP contribution in [0.4, 0.5) is 0 Å². The standard InChI is InChI=1S/C13H21BN2O2.ClH/c1-15-6-3-7-16(9-8-15)11-12-4-2-5-13(10-12)14(17)18;/h2,4-5,10,17-18H,3,6-9,11H2,1H3;1H. The molecule has 1 aromatic carbocycles. The SMILES string of the molecule is CN1CCCN(Cc2cccc(B(O)O)c2)CC1.Cl. The molecule has 19 heavy (non-hydrogen) atoms. The third kappa shape index (κ3) is 5.13. The molecule has 1 aliphatic rings. The Morgan fingerprint density at radius 1 is 1.16 bits per heavy atom. The molecule has 0 amide bonds. The van der Waals surface area contributed by atoms with Crippen LogP contribution in [0.2, 0.25) is 0 Å². The first-order valence-electron chi connectivity index (χ1n) is 6.51. The Hall–Kier alpha value is -0.585. The van der Waals surface area contributed by atoms with E-state index in [0.29, 0.717) is 5.46 Å². The van der Waals surface area contributed by atoms with E-state index >= 15 is 0 Å². The fourth-order valence-electron chi connectivity index (χ4n) is 2.37. The zero-order valence-electron chi connectivity index (χ0n) is 11.3. The van der Waals surface area contributed by atoms with Crippen LogP contribution in [0.1, 0.15) is 12.0 Å². The molecule has 0 radical (unpaired) electrons. The fraction of sp³-hybridized carbons (Fsp3) is 0.538. The van der Waals surface area contributed by atoms with Gasteiger partial charge in [-0.15, -0.1) is 12.4 Å². The monoisotopic (exact) mass is 284 g/mol. The first kappa shape index (κ1) is 16.5. The average Bonchev–Trinajstić information content (AvgIpc) is 2.55. The number of likely N-dealkylation sites (N-methyl/N-ethyl adjacent to an activating group) is 1. The van der Waals surface area contributed by atoms with Crippen LogP contribution in [0.25, 0.3) is 0 Å². The first-order valence-corrected chi connectivity index (χ1v) is 6.51. The molecule has 0 aromatic heterocycles. The summed E-state index contributed by atoms with van der Waals surface area (Å²) < 4.78 is 0. The molecule has 2 N–H and O–H groups in total. The highest BCUT2D eigenvalue weighted by Crippen LogP contribution is 2.07. The minimum absolute atomic E-state index is 0. The van der Waals surface area contributed by atoms with Gasteiger partial charge in [0.2, 0.25) is 0 Å². The lowest BCUT2D eigenvalue weighted by molar-refractivity contribution is 0.269. The van der Waals surface area contributed by atoms with Crippen molar-refractivity contribution in [3.05, 3.63) is 29.8 Å². The predicted molar refractivity (Wildman–Crippen MR) is 80.9 cm³/mol. The van der Waals surface area contributed by atoms with Gasteiger partial charge in [0.25, 0.3) is 0 Å². The summed E-state index contributed by atoms with van der Waals surface area (Å²) in [5, 5.41) is 18.3. The lowest BCUT2D eigenvalue weighted by Crippen LogP contribution is -2.31. The molecule has 0 unspecified atom stereocenters. The highest BCUT2D eigenvalue weighted by Gasteiger charge is 2.14. The number of halogens is 1. The van der Waals surface area contributed by atoms with E-state index in [0.717, 1.165) is 38.3 Å². The maximum absolute atomic E-state index is 9.17. The highest BCUT2D eigenvalue weighted by molar-refractivity contribution is 6.58. The minimum atomic E-state index is -1.37. The number of benzene rings is 1. The molecule has 1 heterocycles. The summed E-state index contributed by atoms with van der Waals surface area (Å²) in [7, 11) is 0.784. The van der Waals surface area contributed by atoms with Gasteiger partial charge in [-0.25, -0.2) is 0 Å². The fourth-order valence-corrected chi connectivity index (χ4v) is 2.37. The Morgan fingerprint density at radius 2 is 1.95 bits per heavy atom. The minimum Gasteiger partial charge on any atom is -0.423 e. The molecule has 106 valence electrons. The van der Waals surface area contributed by atoms with Crippen LogP contribution in [-0.2, 0) is 6.54 Å². The molecule has 1 saturated heterocycles. The van der Waals surface area contributed by atoms with Crippen molar-refractivity contribution in [2.75, 3.05) is 33.2 Å². The van der Waals surface area contributed by atoms with Crippen molar-refractivity contribution in [1.82, 2.24) is 9.80 Å². The predicted octanol–water partition coefficient (Wildman–Crippen LogP) is -0.0743. The number of hydrogen-bond acceptors (Lipinski definition) is 4. The van der Waals surface area contributed by atoms with Crippen LogP contribution in [0.5, 0.6) is 0 Å². The van der Waals surface area contributed by atoms with Crippen molar-refractivity contribution in [2.24, 2.45) is 0 Å². The van der Waals surface area contributed by atoms with Gasteiger partial charge < -0.3 is 14.9 Å². The molecular weight excluding hydrogens is 262 g/mol. The molecule has 0 aliphatic carbocycles. The van der Waals surface area contributed by atoms with Crippen LogP contribution < -0.4 is 5.46 Å². The molecule has 1 fully saturated rings. The van der Waals surface area contributed by atoms with E-state index in [1.165, 1.54) is 6.42 Å². The van der Waals surface area contributed by atoms with E-state index in [4.69, 9.17) is 10.0 Å². The zero-order valence-corrected chi connectivity index (χ0v) is 12.1. The zero-order chi connectivity index (χ0) is 13.0. The molecule has 0 bridgehead atoms. The average molecular weight is 285 g/mol. The summed E-state index contributed by atoms with van der Waals surface area (Å²) >= 11 is 0. The van der Waals surface area contributed by atoms with Crippen LogP contribution in [-0.4, -0.2) is 60.2 Å². The lowest BCUT2D eigenvalue weighted by atomic mass is 9.79. The lowest BCUT2D eigenvalue weighted by Gasteiger charge is -2.20. The molecule has 6 heteroatoms. The second kappa shape index (κ2) is 7.87. The van der Waals surface area contributed by atoms with E-state index in [1.54, 1.807) is 6.07 Å². The van der Waals surface area contributed by atoms with E-state index in [-0.39, 0.29) is 12.4 Å². The number of rotatable bonds is 3. The molecule has 2 rings (SSSR count). The maximum Gasteiger partial charge on any atom is 0.488 e. The van der Waals surface area contributed by atoms with Gasteiger partial charge in [0, 0.05) is 19.6 Å². The third-order valence-corrected chi connectivity index (χ3v) is 3.47. The second-order valence-electron chi connectivity index (χ2n) is 5.05. The Kier molecular flexibility index (Phi) is 6.82. The van der Waals surface area contributed by atoms with Crippen molar-refractivity contribution in [2.45, 2.75) is 13.0 Å². The molecular formula is C13H22BClN2O2. The summed E-state index contributed by atoms with van der Waals surface area (Å²) in [4.78, 5) is 4.78. The van der Waals surface area contributed by atoms with Gasteiger partial charge in [-0.05, 0) is 37.6 Å². The van der Waals surface area contributed by atoms with E-state index in [9.17, 15) is 0 Å². The molecule has 4 nitrogen and oxygen atoms in total. The Morgan fingerprint density at radius 3 is 2.68 bits per heavy atom. The van der Waals surface area contributed by atoms with Crippen molar-refractivity contribution >= 4 is 25.0 Å². The number of hydrogen-bond donors (Lipinski definition) is 2. The molecule has 1 aliphatic heterocycles. The molecule has 0 saturated carbocycles. The quantitative estimate of drug-likeness (QED) is 0.763. The summed E-state index contributed by atoms with van der Waals surface area (Å²) in [6, 6.07) is 7.54. The van der Waals surface area contributed by atoms with Gasteiger partial charge in [0.1, 0.15) is 0 Å². The van der Waals surface area contributed by atoms with Crippen LogP contribution >= 0.6 is 12.4 Å². The number of nitrogens with zero attached hydrogens (tertiary/aromatic N) is 2. The van der Waals surface area contributed by atoms with Gasteiger partial charge in [-0.2, -0.15) is 0 Å². The Bertz CT molecular complexity index is 393. The van der Waals surface area contributed by atoms with Crippen molar-refractivity contribution in [3.63, 3.8) is 0 Å². The molecule has 1 aromatic rings. The smallest absolute Gasteiger partial charge is 0.423 e. The first-order chi connectivity index (χ1) is 8.65. The largest absolute Gasteiger partial charge is 0.488 e. The summed E-state index contributed by atoms with van der Waals surface area (Å²) in [5.74, 6) is 0. The van der Waals surface area contributed by atoms with Gasteiger partial charge in [0.15, 0.2) is 0 Å². The van der Waals surface area contributed by atoms with Gasteiger partial charge >= 0.3 is 7.12 Å². The van der Waals surface area contributed by atoms with Crippen LogP contribution in [0.15, 0.2) is 24.3 Å².